The minimum atomic E-state index is -0.829. The lowest BCUT2D eigenvalue weighted by Crippen LogP contribution is -2.00. The van der Waals surface area contributed by atoms with Gasteiger partial charge in [0.05, 0.1) is 0 Å². The number of benzene rings is 1. The molecule has 0 atom stereocenters. The third-order valence-electron chi connectivity index (χ3n) is 2.36. The second-order valence-corrected chi connectivity index (χ2v) is 5.64. The highest BCUT2D eigenvalue weighted by atomic mass is 32.2. The molecule has 102 valence electrons. The number of thioether (sulfide) groups is 1. The molecule has 0 spiro atoms. The Morgan fingerprint density at radius 3 is 2.89 bits per heavy atom. The summed E-state index contributed by atoms with van der Waals surface area (Å²) < 4.78 is 29.8. The topological polar surface area (TPSA) is 37.8 Å². The predicted octanol–water partition coefficient (Wildman–Crippen LogP) is 3.93. The molecule has 0 fully saturated rings. The van der Waals surface area contributed by atoms with Crippen molar-refractivity contribution < 1.29 is 8.78 Å². The first-order valence-corrected chi connectivity index (χ1v) is 7.59. The van der Waals surface area contributed by atoms with Crippen molar-refractivity contribution in [1.82, 2.24) is 9.59 Å². The van der Waals surface area contributed by atoms with Crippen LogP contribution in [-0.4, -0.2) is 16.1 Å². The number of hydrogen-bond donors (Lipinski definition) is 1. The first-order valence-electron chi connectivity index (χ1n) is 5.83. The summed E-state index contributed by atoms with van der Waals surface area (Å²) >= 11 is 2.72. The molecule has 0 aliphatic heterocycles. The van der Waals surface area contributed by atoms with E-state index in [4.69, 9.17) is 0 Å². The summed E-state index contributed by atoms with van der Waals surface area (Å²) in [5.41, 5.74) is 0.841. The fourth-order valence-corrected chi connectivity index (χ4v) is 2.95. The molecule has 1 aromatic heterocycles. The zero-order chi connectivity index (χ0) is 13.7. The van der Waals surface area contributed by atoms with Gasteiger partial charge in [0.15, 0.2) is 11.6 Å². The van der Waals surface area contributed by atoms with Gasteiger partial charge >= 0.3 is 0 Å². The van der Waals surface area contributed by atoms with Crippen LogP contribution in [0.2, 0.25) is 0 Å². The third-order valence-corrected chi connectivity index (χ3v) is 4.09. The summed E-state index contributed by atoms with van der Waals surface area (Å²) in [5, 5.41) is 8.23. The first-order chi connectivity index (χ1) is 9.20. The zero-order valence-electron chi connectivity index (χ0n) is 10.3. The maximum atomic E-state index is 13.1. The van der Waals surface area contributed by atoms with Crippen molar-refractivity contribution in [2.24, 2.45) is 0 Å². The summed E-state index contributed by atoms with van der Waals surface area (Å²) in [7, 11) is 0. The quantitative estimate of drug-likeness (QED) is 0.820. The minimum Gasteiger partial charge on any atom is -0.374 e. The van der Waals surface area contributed by atoms with Crippen molar-refractivity contribution in [2.75, 3.05) is 11.9 Å². The number of halogens is 2. The Bertz CT molecular complexity index is 546. The summed E-state index contributed by atoms with van der Waals surface area (Å²) in [4.78, 5) is 0.674. The Morgan fingerprint density at radius 2 is 2.16 bits per heavy atom. The van der Waals surface area contributed by atoms with Gasteiger partial charge in [-0.05, 0) is 24.6 Å². The van der Waals surface area contributed by atoms with Crippen LogP contribution in [0.25, 0.3) is 0 Å². The standard InChI is InChI=1S/C12H13F2N3S2/c1-2-5-15-12-11(16-17-19-12)7-18-8-3-4-9(13)10(14)6-8/h3-4,6,15H,2,5,7H2,1H3. The molecule has 7 heteroatoms. The van der Waals surface area contributed by atoms with Gasteiger partial charge in [-0.1, -0.05) is 11.4 Å². The zero-order valence-corrected chi connectivity index (χ0v) is 12.0. The first kappa shape index (κ1) is 14.2. The molecule has 0 amide bonds. The van der Waals surface area contributed by atoms with E-state index >= 15 is 0 Å². The molecule has 0 radical (unpaired) electrons. The number of nitrogens with one attached hydrogen (secondary N) is 1. The van der Waals surface area contributed by atoms with E-state index in [1.807, 2.05) is 0 Å². The molecule has 0 aliphatic rings. The molecular weight excluding hydrogens is 288 g/mol. The Morgan fingerprint density at radius 1 is 1.32 bits per heavy atom. The van der Waals surface area contributed by atoms with Crippen LogP contribution in [0.3, 0.4) is 0 Å². The van der Waals surface area contributed by atoms with Crippen LogP contribution in [0.15, 0.2) is 23.1 Å². The summed E-state index contributed by atoms with van der Waals surface area (Å²) in [5.74, 6) is -1.08. The van der Waals surface area contributed by atoms with Crippen molar-refractivity contribution in [3.63, 3.8) is 0 Å². The number of nitrogens with zero attached hydrogens (tertiary/aromatic N) is 2. The van der Waals surface area contributed by atoms with Crippen LogP contribution >= 0.6 is 23.3 Å². The minimum absolute atomic E-state index is 0.577. The SMILES string of the molecule is CCCNc1snnc1CSc1ccc(F)c(F)c1. The molecule has 1 aromatic carbocycles. The van der Waals surface area contributed by atoms with Gasteiger partial charge in [0.2, 0.25) is 0 Å². The maximum absolute atomic E-state index is 13.1. The average molecular weight is 301 g/mol. The largest absolute Gasteiger partial charge is 0.374 e. The fraction of sp³-hybridized carbons (Fsp3) is 0.333. The number of hydrogen-bond acceptors (Lipinski definition) is 5. The van der Waals surface area contributed by atoms with E-state index in [1.54, 1.807) is 6.07 Å². The van der Waals surface area contributed by atoms with Gasteiger partial charge in [-0.3, -0.25) is 0 Å². The van der Waals surface area contributed by atoms with Gasteiger partial charge in [0.25, 0.3) is 0 Å². The monoisotopic (exact) mass is 301 g/mol. The second-order valence-electron chi connectivity index (χ2n) is 3.84. The molecule has 1 N–H and O–H groups in total. The van der Waals surface area contributed by atoms with Crippen molar-refractivity contribution in [3.05, 3.63) is 35.5 Å². The molecular formula is C12H13F2N3S2. The van der Waals surface area contributed by atoms with E-state index in [2.05, 4.69) is 21.8 Å². The average Bonchev–Trinajstić information content (AvgIpc) is 2.85. The lowest BCUT2D eigenvalue weighted by atomic mass is 10.3. The highest BCUT2D eigenvalue weighted by Gasteiger charge is 2.09. The number of aromatic nitrogens is 2. The summed E-state index contributed by atoms with van der Waals surface area (Å²) in [6, 6.07) is 3.88. The van der Waals surface area contributed by atoms with E-state index < -0.39 is 11.6 Å². The Labute approximate surface area is 118 Å². The number of rotatable bonds is 6. The van der Waals surface area contributed by atoms with Crippen LogP contribution in [-0.2, 0) is 5.75 Å². The smallest absolute Gasteiger partial charge is 0.159 e. The Balaban J connectivity index is 1.98. The molecule has 2 rings (SSSR count). The molecule has 0 unspecified atom stereocenters. The molecule has 0 saturated carbocycles. The highest BCUT2D eigenvalue weighted by molar-refractivity contribution is 7.98. The van der Waals surface area contributed by atoms with Crippen molar-refractivity contribution in [2.45, 2.75) is 24.0 Å². The van der Waals surface area contributed by atoms with Crippen molar-refractivity contribution in [1.29, 1.82) is 0 Å². The van der Waals surface area contributed by atoms with Crippen LogP contribution in [0, 0.1) is 11.6 Å². The van der Waals surface area contributed by atoms with E-state index in [9.17, 15) is 8.78 Å². The second kappa shape index (κ2) is 6.81. The van der Waals surface area contributed by atoms with Crippen LogP contribution < -0.4 is 5.32 Å². The molecule has 0 aliphatic carbocycles. The Hall–Kier alpha value is -1.21. The van der Waals surface area contributed by atoms with Crippen molar-refractivity contribution >= 4 is 28.3 Å². The molecule has 0 bridgehead atoms. The highest BCUT2D eigenvalue weighted by Crippen LogP contribution is 2.28. The van der Waals surface area contributed by atoms with Gasteiger partial charge < -0.3 is 5.32 Å². The lowest BCUT2D eigenvalue weighted by Gasteiger charge is -2.04. The Kier molecular flexibility index (Phi) is 5.09. The normalized spacial score (nSPS) is 10.7. The van der Waals surface area contributed by atoms with E-state index in [0.717, 1.165) is 29.7 Å². The maximum Gasteiger partial charge on any atom is 0.159 e. The molecule has 3 nitrogen and oxygen atoms in total. The fourth-order valence-electron chi connectivity index (χ4n) is 1.39. The molecule has 2 aromatic rings. The molecule has 19 heavy (non-hydrogen) atoms. The third kappa shape index (κ3) is 3.87. The van der Waals surface area contributed by atoms with Crippen LogP contribution in [0.4, 0.5) is 13.8 Å². The van der Waals surface area contributed by atoms with Gasteiger partial charge in [0.1, 0.15) is 10.7 Å². The van der Waals surface area contributed by atoms with E-state index in [0.29, 0.717) is 10.6 Å². The van der Waals surface area contributed by atoms with E-state index in [-0.39, 0.29) is 0 Å². The van der Waals surface area contributed by atoms with Crippen molar-refractivity contribution in [3.8, 4) is 0 Å². The summed E-state index contributed by atoms with van der Waals surface area (Å²) in [6.07, 6.45) is 1.02. The van der Waals surface area contributed by atoms with Gasteiger partial charge in [0, 0.05) is 28.7 Å². The lowest BCUT2D eigenvalue weighted by molar-refractivity contribution is 0.506. The van der Waals surface area contributed by atoms with Crippen LogP contribution in [0.1, 0.15) is 19.0 Å². The van der Waals surface area contributed by atoms with Crippen LogP contribution in [0.5, 0.6) is 0 Å². The van der Waals surface area contributed by atoms with Gasteiger partial charge in [-0.2, -0.15) is 0 Å². The van der Waals surface area contributed by atoms with Gasteiger partial charge in [-0.15, -0.1) is 16.9 Å². The number of anilines is 1. The predicted molar refractivity (Wildman–Crippen MR) is 74.6 cm³/mol. The molecule has 0 saturated heterocycles. The molecule has 1 heterocycles. The van der Waals surface area contributed by atoms with E-state index in [1.165, 1.54) is 29.4 Å². The summed E-state index contributed by atoms with van der Waals surface area (Å²) in [6.45, 7) is 2.95. The van der Waals surface area contributed by atoms with Gasteiger partial charge in [-0.25, -0.2) is 8.78 Å².